The third-order valence-electron chi connectivity index (χ3n) is 29.9. The van der Waals surface area contributed by atoms with E-state index in [-0.39, 0.29) is 35.2 Å². The molecule has 4 atom stereocenters. The molecule has 21 rings (SSSR count). The number of nitrogens with one attached hydrogen (secondary N) is 3. The Labute approximate surface area is 829 Å². The van der Waals surface area contributed by atoms with E-state index in [1.54, 1.807) is 53.2 Å². The number of carbonyl (C=O) groups is 4. The monoisotopic (exact) mass is 2000 g/mol. The first-order valence-corrected chi connectivity index (χ1v) is 53.4. The van der Waals surface area contributed by atoms with Gasteiger partial charge in [0.1, 0.15) is 28.1 Å². The van der Waals surface area contributed by atoms with Crippen LogP contribution in [-0.4, -0.2) is 282 Å². The number of amides is 3. The number of hydrogen-bond acceptors (Lipinski definition) is 20. The second-order valence-corrected chi connectivity index (χ2v) is 44.8. The Morgan fingerprint density at radius 2 is 1.06 bits per heavy atom. The predicted molar refractivity (Wildman–Crippen MR) is 546 cm³/mol. The summed E-state index contributed by atoms with van der Waals surface area (Å²) in [5, 5.41) is 32.5. The van der Waals surface area contributed by atoms with Crippen LogP contribution in [0.2, 0.25) is 0 Å². The number of aromatic nitrogens is 9. The smallest absolute Gasteiger partial charge is 0.497 e. The number of benzene rings is 5. The molecule has 31 nitrogen and oxygen atoms in total. The lowest BCUT2D eigenvalue weighted by Gasteiger charge is -2.34. The van der Waals surface area contributed by atoms with Gasteiger partial charge in [-0.2, -0.15) is 10.2 Å². The van der Waals surface area contributed by atoms with E-state index in [1.807, 2.05) is 110 Å². The van der Waals surface area contributed by atoms with Gasteiger partial charge in [0.2, 0.25) is 20.0 Å². The van der Waals surface area contributed by atoms with Crippen LogP contribution >= 0.6 is 0 Å². The van der Waals surface area contributed by atoms with Crippen molar-refractivity contribution in [2.75, 3.05) is 115 Å². The SMILES string of the molecule is CCN1C[C@@H]2C[C@H]1CN2.CCN1C[C@@H]2C[C@H]1CN2C(=O)c1c(C)nn(C2CCC2)c1C1=Cc2cc(OC)ccc2-c2c(C3CCCCC3)c3ccc(C(=O)NS(=O)(=O)C(C)C)cc3n2C1.CN(C)C(On1nnc2ccccc21)=[N+](C)C.CN1CCOCC1.COc1ccc2c(c1)C=C(c1c(C(=O)O)c(C)nn1C1CCC1)Cn1c-2c(C2CCCCC2)c2ccc(C(=O)NS(=O)(=O)C(C)C)cc21.F[B-](F)(F)F. The zero-order valence-corrected chi connectivity index (χ0v) is 86.0. The fourth-order valence-electron chi connectivity index (χ4n) is 22.1. The van der Waals surface area contributed by atoms with Crippen molar-refractivity contribution in [2.24, 2.45) is 0 Å². The van der Waals surface area contributed by atoms with Gasteiger partial charge in [-0.25, -0.2) is 40.5 Å². The van der Waals surface area contributed by atoms with Gasteiger partial charge in [-0.05, 0) is 274 Å². The number of carboxylic acids is 1. The van der Waals surface area contributed by atoms with Crippen molar-refractivity contribution in [1.29, 1.82) is 0 Å². The molecule has 0 spiro atoms. The molecular weight excluding hydrogens is 1860 g/mol. The van der Waals surface area contributed by atoms with Gasteiger partial charge in [0.05, 0.1) is 131 Å². The molecule has 0 radical (unpaired) electrons. The third-order valence-corrected chi connectivity index (χ3v) is 33.4. The molecule has 9 fully saturated rings. The summed E-state index contributed by atoms with van der Waals surface area (Å²) in [6.45, 7) is 25.6. The fraction of sp³-hybridized carbons (Fsp3) is 0.529. The summed E-state index contributed by atoms with van der Waals surface area (Å²) in [7, 11) is -0.592. The molecule has 5 aromatic carbocycles. The molecule has 5 aromatic heterocycles. The van der Waals surface area contributed by atoms with Crippen molar-refractivity contribution < 1.29 is 82.0 Å². The molecule has 11 aliphatic rings. The van der Waals surface area contributed by atoms with Crippen LogP contribution in [0.4, 0.5) is 17.3 Å². The van der Waals surface area contributed by atoms with Gasteiger partial charge in [0, 0.05) is 107 Å². The Bertz CT molecular complexity index is 6680. The topological polar surface area (TPSA) is 325 Å². The Balaban J connectivity index is 0.000000150. The van der Waals surface area contributed by atoms with Crippen LogP contribution in [0.1, 0.15) is 267 Å². The fourth-order valence-corrected chi connectivity index (χ4v) is 23.3. The number of para-hydroxylation sites is 1. The predicted octanol–water partition coefficient (Wildman–Crippen LogP) is 16.2. The van der Waals surface area contributed by atoms with E-state index in [1.165, 1.54) is 68.7 Å². The average Bonchev–Trinajstić information content (AvgIpc) is 1.56. The van der Waals surface area contributed by atoms with Crippen LogP contribution in [0.25, 0.3) is 78.7 Å². The number of ether oxygens (including phenoxy) is 3. The van der Waals surface area contributed by atoms with Gasteiger partial charge in [-0.1, -0.05) is 81.5 Å². The lowest BCUT2D eigenvalue weighted by Crippen LogP contribution is -2.48. The van der Waals surface area contributed by atoms with E-state index < -0.39 is 55.6 Å². The molecule has 10 aromatic rings. The molecule has 4 aliphatic carbocycles. The van der Waals surface area contributed by atoms with Crippen LogP contribution in [0.15, 0.2) is 97.1 Å². The summed E-state index contributed by atoms with van der Waals surface area (Å²) in [5.74, 6) is -0.203. The van der Waals surface area contributed by atoms with Crippen LogP contribution in [0.3, 0.4) is 0 Å². The van der Waals surface area contributed by atoms with Gasteiger partial charge in [0.15, 0.2) is 0 Å². The molecule has 4 N–H and O–H groups in total. The second-order valence-electron chi connectivity index (χ2n) is 40.3. The van der Waals surface area contributed by atoms with Gasteiger partial charge in [0.25, 0.3) is 17.7 Å². The first-order chi connectivity index (χ1) is 67.8. The Morgan fingerprint density at radius 1 is 0.585 bits per heavy atom. The minimum absolute atomic E-state index is 0.0631. The van der Waals surface area contributed by atoms with Gasteiger partial charge < -0.3 is 60.8 Å². The van der Waals surface area contributed by atoms with Crippen LogP contribution < -0.4 is 29.1 Å². The first-order valence-electron chi connectivity index (χ1n) is 50.3. The summed E-state index contributed by atoms with van der Waals surface area (Å²) in [6.07, 6.45) is 24.0. The number of allylic oxidation sites excluding steroid dienone is 2. The number of halogens is 4. The number of morpholine rings is 1. The van der Waals surface area contributed by atoms with Gasteiger partial charge >= 0.3 is 19.2 Å². The number of fused-ring (bicyclic) bond motifs is 15. The number of amidine groups is 1. The number of rotatable bonds is 19. The molecule has 3 amide bonds. The highest BCUT2D eigenvalue weighted by Crippen LogP contribution is 2.52. The molecular formula is C104H137BF4N18O13S2. The van der Waals surface area contributed by atoms with Crippen molar-refractivity contribution in [2.45, 2.75) is 243 Å². The highest BCUT2D eigenvalue weighted by atomic mass is 32.2. The number of carboxylic acid groups (broad SMARTS) is 1. The van der Waals surface area contributed by atoms with E-state index in [0.29, 0.717) is 65.3 Å². The van der Waals surface area contributed by atoms with E-state index >= 15 is 0 Å². The Kier molecular flexibility index (Phi) is 31.9. The third kappa shape index (κ3) is 22.2. The standard InChI is InChI=1S/C44H54N6O5S.C37H42N4O6S.C11H16N5O.C7H14N2.C5H11NO.BF4/c1-6-47-24-34-22-33(47)25-48(34)44(52)39-27(4)45-50(32-13-10-14-32)41(39)31-19-30-20-35(55-5)16-18-36(30)42-40(28-11-8-7-9-12-28)37-17-15-29(21-38(37)49(42)23-31)43(51)46-56(53,54)26(2)3;1-21(2)48(45,46)39-36(42)24-13-15-30-31(19-24)40-20-26(34-32(37(43)44)22(3)38-41(34)27-11-8-12-27)17-25-18-28(47-4)14-16-29(25)35(40)33(30)23-9-6-5-7-10-23;1-14(2)11(15(3)4)17-16-10-8-6-5-7-9(10)12-13-16;1-2-9-5-6-3-7(9)4-8-6;1-6-2-4-7-5-3-6;2-1(3,4)5/h15-21,26,28,32-34H,6-14,22-25H2,1-5H3,(H,46,51);13-19,21,23,27H,5-12,20H2,1-4H3,(H,39,42)(H,43,44);5-8H,1-4H3;6-8H,2-5H2,1H3;2-5H2,1H3;/q;;+1;;;-1/t33-,34-;;;6-,7-;;/m0..0../s1. The average molecular weight is 2000 g/mol. The summed E-state index contributed by atoms with van der Waals surface area (Å²) in [6, 6.07) is 34.3. The molecule has 142 heavy (non-hydrogen) atoms. The summed E-state index contributed by atoms with van der Waals surface area (Å²) < 4.78 is 122. The lowest BCUT2D eigenvalue weighted by atomic mass is 9.81. The second kappa shape index (κ2) is 43.7. The number of aryl methyl sites for hydroxylation is 2. The highest BCUT2D eigenvalue weighted by molar-refractivity contribution is 7.90. The van der Waals surface area contributed by atoms with E-state index in [4.69, 9.17) is 29.2 Å². The maximum absolute atomic E-state index is 14.9. The number of methoxy groups -OCH3 is 2. The first kappa shape index (κ1) is 104. The number of sulfonamides is 2. The van der Waals surface area contributed by atoms with Crippen molar-refractivity contribution in [3.05, 3.63) is 164 Å². The molecule has 4 saturated carbocycles. The van der Waals surface area contributed by atoms with Crippen molar-refractivity contribution >= 4 is 113 Å². The Hall–Kier alpha value is -11.3. The summed E-state index contributed by atoms with van der Waals surface area (Å²) in [4.78, 5) is 73.2. The number of carbonyl (C=O) groups excluding carboxylic acids is 3. The maximum Gasteiger partial charge on any atom is 0.673 e. The Morgan fingerprint density at radius 3 is 1.46 bits per heavy atom. The molecule has 12 heterocycles. The van der Waals surface area contributed by atoms with Crippen molar-refractivity contribution in [1.82, 2.24) is 83.1 Å². The highest BCUT2D eigenvalue weighted by Gasteiger charge is 2.48. The quantitative estimate of drug-likeness (QED) is 0.0192. The summed E-state index contributed by atoms with van der Waals surface area (Å²) in [5.41, 5.74) is 17.9. The van der Waals surface area contributed by atoms with Crippen LogP contribution in [0.5, 0.6) is 11.5 Å². The molecule has 764 valence electrons. The largest absolute Gasteiger partial charge is 0.673 e. The normalized spacial score (nSPS) is 19.8. The van der Waals surface area contributed by atoms with Gasteiger partial charge in [-0.15, -0.1) is 5.10 Å². The molecule has 0 unspecified atom stereocenters. The minimum atomic E-state index is -6.00. The van der Waals surface area contributed by atoms with E-state index in [9.17, 15) is 58.4 Å². The molecule has 5 saturated heterocycles. The molecule has 7 aliphatic heterocycles. The zero-order chi connectivity index (χ0) is 101. The van der Waals surface area contributed by atoms with Crippen molar-refractivity contribution in [3.8, 4) is 34.0 Å². The van der Waals surface area contributed by atoms with Crippen LogP contribution in [0, 0.1) is 13.8 Å². The van der Waals surface area contributed by atoms with Gasteiger partial charge in [-0.3, -0.25) is 38.4 Å². The summed E-state index contributed by atoms with van der Waals surface area (Å²) >= 11 is 0. The number of likely N-dealkylation sites (tertiary alicyclic amines) is 3. The number of likely N-dealkylation sites (N-methyl/N-ethyl adjacent to an activating group) is 3. The van der Waals surface area contributed by atoms with Crippen LogP contribution in [-0.2, 0) is 37.9 Å². The molecule has 38 heteroatoms. The zero-order valence-electron chi connectivity index (χ0n) is 84.3. The van der Waals surface area contributed by atoms with E-state index in [2.05, 4.69) is 110 Å². The molecule has 4 bridgehead atoms. The maximum atomic E-state index is 14.9. The number of piperazine rings is 2. The number of hydrogen-bond donors (Lipinski definition) is 4. The minimum Gasteiger partial charge on any atom is -0.497 e. The number of nitrogens with zero attached hydrogens (tertiary/aromatic N) is 15. The van der Waals surface area contributed by atoms with Crippen molar-refractivity contribution in [3.63, 3.8) is 0 Å². The lowest BCUT2D eigenvalue weighted by molar-refractivity contribution is -0.480. The number of aromatic carboxylic acids is 1. The van der Waals surface area contributed by atoms with E-state index in [0.717, 1.165) is 249 Å².